The first-order chi connectivity index (χ1) is 18.7. The monoisotopic (exact) mass is 570 g/mol. The van der Waals surface area contributed by atoms with E-state index in [0.29, 0.717) is 16.5 Å². The van der Waals surface area contributed by atoms with Crippen LogP contribution in [-0.4, -0.2) is 34.0 Å². The summed E-state index contributed by atoms with van der Waals surface area (Å²) in [6.07, 6.45) is 0.903. The van der Waals surface area contributed by atoms with Crippen molar-refractivity contribution in [2.75, 3.05) is 11.0 Å². The zero-order valence-electron chi connectivity index (χ0n) is 22.0. The van der Waals surface area contributed by atoms with E-state index >= 15 is 0 Å². The van der Waals surface area contributed by atoms with Crippen LogP contribution in [0.5, 0.6) is 0 Å². The number of hydrogen-bond donors (Lipinski definition) is 2. The predicted octanol–water partition coefficient (Wildman–Crippen LogP) is 3.92. The molecule has 40 heavy (non-hydrogen) atoms. The first kappa shape index (κ1) is 27.3. The summed E-state index contributed by atoms with van der Waals surface area (Å²) >= 11 is 0. The standard InChI is InChI=1S/C27H25F3N6O3S/c1-13-5-8-21(24-22(13)25(33-35(24)3)34-40(4,38)39)36-26(20(31)11-15-9-16(28)12-17(29)10-15)32-23-14(2)19(30)7-6-18(23)27(36)37/h5-10,12,20H,11,31H2,1-4H3,(H,33,34). The maximum absolute atomic E-state index is 14.5. The van der Waals surface area contributed by atoms with E-state index in [4.69, 9.17) is 5.73 Å². The van der Waals surface area contributed by atoms with Crippen molar-refractivity contribution in [1.29, 1.82) is 0 Å². The van der Waals surface area contributed by atoms with E-state index in [1.807, 2.05) is 0 Å². The van der Waals surface area contributed by atoms with Crippen molar-refractivity contribution in [3.05, 3.63) is 92.8 Å². The molecule has 2 heterocycles. The Bertz CT molecular complexity index is 1980. The number of hydrogen-bond acceptors (Lipinski definition) is 6. The molecule has 0 aliphatic heterocycles. The van der Waals surface area contributed by atoms with Gasteiger partial charge in [0.1, 0.15) is 23.3 Å². The minimum Gasteiger partial charge on any atom is -0.321 e. The summed E-state index contributed by atoms with van der Waals surface area (Å²) in [5.41, 5.74) is 7.82. The average molecular weight is 571 g/mol. The molecule has 3 aromatic carbocycles. The van der Waals surface area contributed by atoms with Gasteiger partial charge in [0, 0.05) is 18.7 Å². The first-order valence-corrected chi connectivity index (χ1v) is 14.0. The van der Waals surface area contributed by atoms with Crippen LogP contribution in [0, 0.1) is 31.3 Å². The fraction of sp³-hybridized carbons (Fsp3) is 0.222. The normalized spacial score (nSPS) is 12.8. The average Bonchev–Trinajstić information content (AvgIpc) is 3.16. The van der Waals surface area contributed by atoms with E-state index in [9.17, 15) is 26.4 Å². The topological polar surface area (TPSA) is 125 Å². The Labute approximate surface area is 227 Å². The van der Waals surface area contributed by atoms with Gasteiger partial charge in [-0.05, 0) is 61.7 Å². The first-order valence-electron chi connectivity index (χ1n) is 12.1. The molecule has 0 aliphatic carbocycles. The van der Waals surface area contributed by atoms with Gasteiger partial charge in [0.05, 0.1) is 39.8 Å². The number of rotatable bonds is 6. The van der Waals surface area contributed by atoms with Crippen molar-refractivity contribution in [1.82, 2.24) is 19.3 Å². The van der Waals surface area contributed by atoms with Crippen LogP contribution >= 0.6 is 0 Å². The molecule has 13 heteroatoms. The van der Waals surface area contributed by atoms with Crippen LogP contribution in [-0.2, 0) is 23.5 Å². The third-order valence-corrected chi connectivity index (χ3v) is 7.23. The van der Waals surface area contributed by atoms with Crippen LogP contribution in [0.3, 0.4) is 0 Å². The lowest BCUT2D eigenvalue weighted by atomic mass is 10.0. The number of nitrogens with zero attached hydrogens (tertiary/aromatic N) is 4. The summed E-state index contributed by atoms with van der Waals surface area (Å²) in [6, 6.07) is 7.77. The third kappa shape index (κ3) is 4.82. The van der Waals surface area contributed by atoms with Crippen molar-refractivity contribution >= 4 is 37.6 Å². The molecule has 0 spiro atoms. The third-order valence-electron chi connectivity index (χ3n) is 6.66. The summed E-state index contributed by atoms with van der Waals surface area (Å²) in [5.74, 6) is -2.06. The molecule has 0 amide bonds. The summed E-state index contributed by atoms with van der Waals surface area (Å²) in [6.45, 7) is 3.25. The molecular formula is C27H25F3N6O3S. The van der Waals surface area contributed by atoms with Gasteiger partial charge < -0.3 is 5.73 Å². The Hall–Kier alpha value is -4.23. The fourth-order valence-electron chi connectivity index (χ4n) is 4.92. The fourth-order valence-corrected chi connectivity index (χ4v) is 5.42. The number of benzene rings is 3. The molecule has 1 atom stereocenters. The van der Waals surface area contributed by atoms with Crippen LogP contribution in [0.15, 0.2) is 47.3 Å². The lowest BCUT2D eigenvalue weighted by Crippen LogP contribution is -2.30. The molecule has 3 N–H and O–H groups in total. The van der Waals surface area contributed by atoms with Crippen LogP contribution in [0.2, 0.25) is 0 Å². The van der Waals surface area contributed by atoms with Crippen LogP contribution in [0.25, 0.3) is 27.5 Å². The Kier molecular flexibility index (Phi) is 6.66. The quantitative estimate of drug-likeness (QED) is 0.319. The molecule has 1 unspecified atom stereocenters. The van der Waals surface area contributed by atoms with Crippen molar-refractivity contribution in [3.63, 3.8) is 0 Å². The molecule has 208 valence electrons. The van der Waals surface area contributed by atoms with Gasteiger partial charge in [0.2, 0.25) is 10.0 Å². The van der Waals surface area contributed by atoms with Gasteiger partial charge in [-0.2, -0.15) is 5.10 Å². The molecule has 2 aromatic heterocycles. The van der Waals surface area contributed by atoms with Gasteiger partial charge in [-0.25, -0.2) is 26.6 Å². The highest BCUT2D eigenvalue weighted by Crippen LogP contribution is 2.33. The minimum absolute atomic E-state index is 0.0137. The summed E-state index contributed by atoms with van der Waals surface area (Å²) in [5, 5.41) is 4.89. The summed E-state index contributed by atoms with van der Waals surface area (Å²) in [7, 11) is -2.09. The highest BCUT2D eigenvalue weighted by molar-refractivity contribution is 7.92. The molecule has 0 bridgehead atoms. The highest BCUT2D eigenvalue weighted by atomic mass is 32.2. The number of fused-ring (bicyclic) bond motifs is 2. The van der Waals surface area contributed by atoms with Crippen LogP contribution < -0.4 is 16.0 Å². The molecular weight excluding hydrogens is 545 g/mol. The predicted molar refractivity (Wildman–Crippen MR) is 147 cm³/mol. The van der Waals surface area contributed by atoms with Crippen molar-refractivity contribution in [2.45, 2.75) is 26.3 Å². The van der Waals surface area contributed by atoms with E-state index < -0.39 is 39.1 Å². The zero-order valence-corrected chi connectivity index (χ0v) is 22.8. The van der Waals surface area contributed by atoms with Gasteiger partial charge in [-0.1, -0.05) is 6.07 Å². The molecule has 5 rings (SSSR count). The van der Waals surface area contributed by atoms with Gasteiger partial charge in [0.15, 0.2) is 5.82 Å². The van der Waals surface area contributed by atoms with E-state index in [-0.39, 0.29) is 45.8 Å². The molecule has 9 nitrogen and oxygen atoms in total. The largest absolute Gasteiger partial charge is 0.321 e. The van der Waals surface area contributed by atoms with E-state index in [1.54, 1.807) is 26.1 Å². The van der Waals surface area contributed by atoms with Crippen molar-refractivity contribution < 1.29 is 21.6 Å². The van der Waals surface area contributed by atoms with E-state index in [1.165, 1.54) is 28.3 Å². The number of nitrogens with one attached hydrogen (secondary N) is 1. The Morgan fingerprint density at radius 1 is 1.05 bits per heavy atom. The molecule has 0 radical (unpaired) electrons. The number of aromatic nitrogens is 4. The number of anilines is 1. The highest BCUT2D eigenvalue weighted by Gasteiger charge is 2.25. The van der Waals surface area contributed by atoms with Crippen molar-refractivity contribution in [2.24, 2.45) is 12.8 Å². The SMILES string of the molecule is Cc1c(F)ccc2c(=O)n(-c3ccc(C)c4c(NS(C)(=O)=O)nn(C)c34)c(C(N)Cc3cc(F)cc(F)c3)nc12. The van der Waals surface area contributed by atoms with Gasteiger partial charge in [-0.15, -0.1) is 0 Å². The maximum Gasteiger partial charge on any atom is 0.266 e. The molecule has 0 saturated heterocycles. The number of nitrogens with two attached hydrogens (primary N) is 1. The number of halogens is 3. The Morgan fingerprint density at radius 3 is 2.38 bits per heavy atom. The van der Waals surface area contributed by atoms with Gasteiger partial charge in [0.25, 0.3) is 5.56 Å². The minimum atomic E-state index is -3.68. The molecule has 0 fully saturated rings. The second kappa shape index (κ2) is 9.75. The smallest absolute Gasteiger partial charge is 0.266 e. The molecule has 0 saturated carbocycles. The Balaban J connectivity index is 1.83. The van der Waals surface area contributed by atoms with Gasteiger partial charge >= 0.3 is 0 Å². The van der Waals surface area contributed by atoms with Crippen LogP contribution in [0.4, 0.5) is 19.0 Å². The second-order valence-corrected chi connectivity index (χ2v) is 11.5. The zero-order chi connectivity index (χ0) is 29.1. The van der Waals surface area contributed by atoms with Crippen molar-refractivity contribution in [3.8, 4) is 5.69 Å². The lowest BCUT2D eigenvalue weighted by Gasteiger charge is -2.20. The Morgan fingerprint density at radius 2 is 1.73 bits per heavy atom. The summed E-state index contributed by atoms with van der Waals surface area (Å²) in [4.78, 5) is 18.6. The van der Waals surface area contributed by atoms with Crippen LogP contribution in [0.1, 0.15) is 28.6 Å². The number of sulfonamides is 1. The second-order valence-electron chi connectivity index (χ2n) is 9.74. The summed E-state index contributed by atoms with van der Waals surface area (Å²) < 4.78 is 71.4. The maximum atomic E-state index is 14.5. The van der Waals surface area contributed by atoms with E-state index in [2.05, 4.69) is 14.8 Å². The molecule has 0 aliphatic rings. The lowest BCUT2D eigenvalue weighted by molar-refractivity contribution is 0.572. The van der Waals surface area contributed by atoms with E-state index in [0.717, 1.165) is 24.5 Å². The van der Waals surface area contributed by atoms with Gasteiger partial charge in [-0.3, -0.25) is 18.8 Å². The number of aryl methyl sites for hydroxylation is 3. The molecule has 5 aromatic rings.